The summed E-state index contributed by atoms with van der Waals surface area (Å²) in [5, 5.41) is 5.90. The quantitative estimate of drug-likeness (QED) is 0.727. The Hall–Kier alpha value is -1.80. The Kier molecular flexibility index (Phi) is 6.29. The second-order valence-corrected chi connectivity index (χ2v) is 8.53. The molecule has 1 aromatic carbocycles. The van der Waals surface area contributed by atoms with Gasteiger partial charge in [0, 0.05) is 12.8 Å². The zero-order valence-electron chi connectivity index (χ0n) is 14.9. The Labute approximate surface area is 149 Å². The van der Waals surface area contributed by atoms with Crippen molar-refractivity contribution in [1.29, 1.82) is 0 Å². The van der Waals surface area contributed by atoms with Crippen LogP contribution in [0.5, 0.6) is 11.5 Å². The minimum atomic E-state index is -3.50. The number of sulfone groups is 1. The number of benzene rings is 1. The first-order valence-electron chi connectivity index (χ1n) is 8.23. The third-order valence-corrected chi connectivity index (χ3v) is 6.72. The summed E-state index contributed by atoms with van der Waals surface area (Å²) in [6.45, 7) is 1.36. The Bertz CT molecular complexity index is 712. The molecule has 7 nitrogen and oxygen atoms in total. The van der Waals surface area contributed by atoms with E-state index in [1.54, 1.807) is 26.4 Å². The predicted molar refractivity (Wildman–Crippen MR) is 95.9 cm³/mol. The van der Waals surface area contributed by atoms with E-state index in [2.05, 4.69) is 10.6 Å². The van der Waals surface area contributed by atoms with Crippen molar-refractivity contribution in [2.45, 2.75) is 24.0 Å². The number of rotatable bonds is 7. The van der Waals surface area contributed by atoms with Crippen LogP contribution in [-0.2, 0) is 21.1 Å². The number of piperidine rings is 1. The minimum absolute atomic E-state index is 0.292. The van der Waals surface area contributed by atoms with E-state index in [9.17, 15) is 13.2 Å². The highest BCUT2D eigenvalue weighted by molar-refractivity contribution is 7.92. The van der Waals surface area contributed by atoms with Crippen LogP contribution in [0.1, 0.15) is 18.4 Å². The van der Waals surface area contributed by atoms with Gasteiger partial charge in [0.25, 0.3) is 0 Å². The van der Waals surface area contributed by atoms with Crippen LogP contribution in [0.2, 0.25) is 0 Å². The second-order valence-electron chi connectivity index (χ2n) is 6.20. The summed E-state index contributed by atoms with van der Waals surface area (Å²) < 4.78 is 33.7. The number of hydrogen-bond donors (Lipinski definition) is 2. The molecule has 25 heavy (non-hydrogen) atoms. The summed E-state index contributed by atoms with van der Waals surface area (Å²) in [6.07, 6.45) is 2.24. The molecule has 1 amide bonds. The van der Waals surface area contributed by atoms with Gasteiger partial charge in [0.05, 0.1) is 14.2 Å². The van der Waals surface area contributed by atoms with Gasteiger partial charge in [-0.25, -0.2) is 8.42 Å². The van der Waals surface area contributed by atoms with Gasteiger partial charge < -0.3 is 20.1 Å². The lowest BCUT2D eigenvalue weighted by Crippen LogP contribution is -2.57. The maximum atomic E-state index is 12.7. The van der Waals surface area contributed by atoms with Crippen molar-refractivity contribution in [1.82, 2.24) is 10.6 Å². The van der Waals surface area contributed by atoms with E-state index in [0.717, 1.165) is 11.8 Å². The minimum Gasteiger partial charge on any atom is -0.497 e. The molecule has 1 aliphatic rings. The molecule has 0 atom stereocenters. The van der Waals surface area contributed by atoms with Gasteiger partial charge in [-0.05, 0) is 56.1 Å². The first-order chi connectivity index (χ1) is 11.8. The van der Waals surface area contributed by atoms with Gasteiger partial charge in [-0.2, -0.15) is 0 Å². The summed E-state index contributed by atoms with van der Waals surface area (Å²) in [5.41, 5.74) is 0.890. The van der Waals surface area contributed by atoms with E-state index in [4.69, 9.17) is 9.47 Å². The molecule has 1 aliphatic heterocycles. The molecular weight excluding hydrogens is 344 g/mol. The number of carbonyl (C=O) groups is 1. The van der Waals surface area contributed by atoms with Crippen LogP contribution in [-0.4, -0.2) is 59.2 Å². The Morgan fingerprint density at radius 1 is 1.24 bits per heavy atom. The third kappa shape index (κ3) is 4.24. The molecule has 1 saturated heterocycles. The fourth-order valence-electron chi connectivity index (χ4n) is 3.15. The molecule has 0 spiro atoms. The van der Waals surface area contributed by atoms with E-state index < -0.39 is 20.5 Å². The summed E-state index contributed by atoms with van der Waals surface area (Å²) >= 11 is 0. The van der Waals surface area contributed by atoms with Crippen molar-refractivity contribution in [3.05, 3.63) is 23.8 Å². The molecule has 0 aliphatic carbocycles. The molecule has 2 N–H and O–H groups in total. The maximum absolute atomic E-state index is 12.7. The monoisotopic (exact) mass is 370 g/mol. The van der Waals surface area contributed by atoms with Crippen LogP contribution in [0.25, 0.3) is 0 Å². The van der Waals surface area contributed by atoms with Gasteiger partial charge >= 0.3 is 0 Å². The normalized spacial score (nSPS) is 16.9. The van der Waals surface area contributed by atoms with Crippen molar-refractivity contribution in [3.8, 4) is 11.5 Å². The lowest BCUT2D eigenvalue weighted by molar-refractivity contribution is -0.124. The number of nitrogens with one attached hydrogen (secondary N) is 2. The van der Waals surface area contributed by atoms with E-state index in [-0.39, 0.29) is 0 Å². The summed E-state index contributed by atoms with van der Waals surface area (Å²) in [4.78, 5) is 12.7. The SMILES string of the molecule is COc1ccc(OC)c(CCNC(=O)C2(S(C)(=O)=O)CCNCC2)c1. The van der Waals surface area contributed by atoms with E-state index in [1.165, 1.54) is 0 Å². The molecule has 8 heteroatoms. The van der Waals surface area contributed by atoms with Crippen molar-refractivity contribution < 1.29 is 22.7 Å². The highest BCUT2D eigenvalue weighted by atomic mass is 32.2. The molecule has 2 rings (SSSR count). The van der Waals surface area contributed by atoms with Gasteiger partial charge in [0.1, 0.15) is 11.5 Å². The lowest BCUT2D eigenvalue weighted by Gasteiger charge is -2.34. The number of methoxy groups -OCH3 is 2. The number of hydrogen-bond acceptors (Lipinski definition) is 6. The molecule has 1 heterocycles. The van der Waals surface area contributed by atoms with Gasteiger partial charge in [-0.15, -0.1) is 0 Å². The van der Waals surface area contributed by atoms with E-state index >= 15 is 0 Å². The first-order valence-corrected chi connectivity index (χ1v) is 10.1. The molecule has 140 valence electrons. The van der Waals surface area contributed by atoms with E-state index in [0.29, 0.717) is 50.4 Å². The average Bonchev–Trinajstić information content (AvgIpc) is 2.61. The van der Waals surface area contributed by atoms with Crippen molar-refractivity contribution in [2.75, 3.05) is 40.1 Å². The van der Waals surface area contributed by atoms with Crippen LogP contribution >= 0.6 is 0 Å². The third-order valence-electron chi connectivity index (χ3n) is 4.70. The van der Waals surface area contributed by atoms with Crippen LogP contribution in [0.15, 0.2) is 18.2 Å². The summed E-state index contributed by atoms with van der Waals surface area (Å²) in [6, 6.07) is 5.46. The van der Waals surface area contributed by atoms with Gasteiger partial charge in [0.2, 0.25) is 5.91 Å². The molecule has 0 radical (unpaired) electrons. The van der Waals surface area contributed by atoms with Crippen LogP contribution in [0.3, 0.4) is 0 Å². The molecular formula is C17H26N2O5S. The molecule has 1 fully saturated rings. The number of ether oxygens (including phenoxy) is 2. The average molecular weight is 370 g/mol. The van der Waals surface area contributed by atoms with E-state index in [1.807, 2.05) is 6.07 Å². The van der Waals surface area contributed by atoms with Crippen LogP contribution < -0.4 is 20.1 Å². The standard InChI is InChI=1S/C17H26N2O5S/c1-23-14-4-5-15(24-2)13(12-14)6-9-19-16(20)17(25(3,21)22)7-10-18-11-8-17/h4-5,12,18H,6-11H2,1-3H3,(H,19,20). The largest absolute Gasteiger partial charge is 0.497 e. The summed E-state index contributed by atoms with van der Waals surface area (Å²) in [7, 11) is -0.337. The number of amides is 1. The summed E-state index contributed by atoms with van der Waals surface area (Å²) in [5.74, 6) is 0.987. The molecule has 0 aromatic heterocycles. The zero-order valence-corrected chi connectivity index (χ0v) is 15.7. The zero-order chi connectivity index (χ0) is 18.5. The highest BCUT2D eigenvalue weighted by Crippen LogP contribution is 2.28. The topological polar surface area (TPSA) is 93.7 Å². The Morgan fingerprint density at radius 3 is 2.48 bits per heavy atom. The fraction of sp³-hybridized carbons (Fsp3) is 0.588. The van der Waals surface area contributed by atoms with Gasteiger partial charge in [0.15, 0.2) is 14.6 Å². The fourth-order valence-corrected chi connectivity index (χ4v) is 4.50. The number of carbonyl (C=O) groups excluding carboxylic acids is 1. The van der Waals surface area contributed by atoms with Crippen LogP contribution in [0, 0.1) is 0 Å². The van der Waals surface area contributed by atoms with Gasteiger partial charge in [-0.3, -0.25) is 4.79 Å². The molecule has 0 unspecified atom stereocenters. The Morgan fingerprint density at radius 2 is 1.92 bits per heavy atom. The maximum Gasteiger partial charge on any atom is 0.241 e. The highest BCUT2D eigenvalue weighted by Gasteiger charge is 2.48. The first kappa shape index (κ1) is 19.5. The predicted octanol–water partition coefficient (Wildman–Crippen LogP) is 0.529. The smallest absolute Gasteiger partial charge is 0.241 e. The van der Waals surface area contributed by atoms with Crippen molar-refractivity contribution in [3.63, 3.8) is 0 Å². The molecule has 0 saturated carbocycles. The second kappa shape index (κ2) is 8.05. The van der Waals surface area contributed by atoms with Crippen molar-refractivity contribution >= 4 is 15.7 Å². The Balaban J connectivity index is 2.07. The van der Waals surface area contributed by atoms with Crippen LogP contribution in [0.4, 0.5) is 0 Å². The lowest BCUT2D eigenvalue weighted by atomic mass is 9.95. The van der Waals surface area contributed by atoms with Crippen molar-refractivity contribution in [2.24, 2.45) is 0 Å². The molecule has 1 aromatic rings. The van der Waals surface area contributed by atoms with Gasteiger partial charge in [-0.1, -0.05) is 0 Å². The molecule has 0 bridgehead atoms.